The Labute approximate surface area is 187 Å². The van der Waals surface area contributed by atoms with Crippen LogP contribution in [0.2, 0.25) is 0 Å². The van der Waals surface area contributed by atoms with Crippen molar-refractivity contribution in [2.45, 2.75) is 57.9 Å². The summed E-state index contributed by atoms with van der Waals surface area (Å²) in [5.74, 6) is 1.82. The molecule has 3 rings (SSSR count). The number of carbonyl (C=O) groups excluding carboxylic acids is 2. The molecule has 1 aromatic heterocycles. The van der Waals surface area contributed by atoms with E-state index in [-0.39, 0.29) is 35.3 Å². The Morgan fingerprint density at radius 1 is 1.37 bits per heavy atom. The van der Waals surface area contributed by atoms with Gasteiger partial charge in [-0.1, -0.05) is 46.0 Å². The second-order valence-corrected chi connectivity index (χ2v) is 11.4. The van der Waals surface area contributed by atoms with Gasteiger partial charge in [0.15, 0.2) is 11.4 Å². The van der Waals surface area contributed by atoms with Crippen molar-refractivity contribution < 1.29 is 14.3 Å². The van der Waals surface area contributed by atoms with Crippen LogP contribution in [0, 0.1) is 17.3 Å². The molecule has 1 unspecified atom stereocenters. The van der Waals surface area contributed by atoms with Crippen LogP contribution in [0.4, 0.5) is 5.13 Å². The summed E-state index contributed by atoms with van der Waals surface area (Å²) in [5, 5.41) is 6.84. The molecule has 0 aliphatic carbocycles. The van der Waals surface area contributed by atoms with E-state index in [9.17, 15) is 9.59 Å². The highest BCUT2D eigenvalue weighted by atomic mass is 32.2. The molecule has 0 spiro atoms. The van der Waals surface area contributed by atoms with E-state index in [0.717, 1.165) is 15.7 Å². The molecule has 9 heteroatoms. The third kappa shape index (κ3) is 5.91. The quantitative estimate of drug-likeness (QED) is 0.637. The number of thiazole rings is 1. The smallest absolute Gasteiger partial charge is 0.229 e. The predicted molar refractivity (Wildman–Crippen MR) is 121 cm³/mol. The number of hydrogen-bond acceptors (Lipinski definition) is 7. The lowest BCUT2D eigenvalue weighted by Crippen LogP contribution is -2.43. The van der Waals surface area contributed by atoms with Crippen LogP contribution in [-0.2, 0) is 14.3 Å². The summed E-state index contributed by atoms with van der Waals surface area (Å²) in [6.45, 7) is 11.5. The number of rotatable bonds is 6. The highest BCUT2D eigenvalue weighted by Crippen LogP contribution is 2.33. The minimum atomic E-state index is -0.0702. The van der Waals surface area contributed by atoms with Crippen LogP contribution >= 0.6 is 23.1 Å². The Balaban J connectivity index is 1.41. The molecule has 0 bridgehead atoms. The average Bonchev–Trinajstić information content (AvgIpc) is 3.35. The van der Waals surface area contributed by atoms with E-state index in [0.29, 0.717) is 31.1 Å². The molecule has 2 N–H and O–H groups in total. The monoisotopic (exact) mass is 452 g/mol. The number of likely N-dealkylation sites (tertiary alicyclic amines) is 1. The molecule has 2 amide bonds. The fraction of sp³-hybridized carbons (Fsp3) is 0.667. The molecule has 166 valence electrons. The van der Waals surface area contributed by atoms with E-state index >= 15 is 0 Å². The topological polar surface area (TPSA) is 83.6 Å². The molecular weight excluding hydrogens is 420 g/mol. The predicted octanol–water partition coefficient (Wildman–Crippen LogP) is 3.90. The Morgan fingerprint density at radius 2 is 2.07 bits per heavy atom. The molecule has 0 saturated carbocycles. The molecule has 2 aliphatic heterocycles. The number of ether oxygens (including phenoxy) is 1. The van der Waals surface area contributed by atoms with Crippen molar-refractivity contribution >= 4 is 40.0 Å². The van der Waals surface area contributed by atoms with Gasteiger partial charge in [0.1, 0.15) is 5.76 Å². The molecule has 30 heavy (non-hydrogen) atoms. The number of nitrogens with one attached hydrogen (secondary N) is 2. The van der Waals surface area contributed by atoms with Crippen molar-refractivity contribution in [1.82, 2.24) is 15.2 Å². The second kappa shape index (κ2) is 9.60. The van der Waals surface area contributed by atoms with Crippen LogP contribution in [-0.4, -0.2) is 46.8 Å². The normalized spacial score (nSPS) is 20.0. The number of hydrogen-bond donors (Lipinski definition) is 2. The summed E-state index contributed by atoms with van der Waals surface area (Å²) in [6, 6.07) is 0. The van der Waals surface area contributed by atoms with Crippen molar-refractivity contribution in [3.05, 3.63) is 18.2 Å². The summed E-state index contributed by atoms with van der Waals surface area (Å²) >= 11 is 3.14. The van der Waals surface area contributed by atoms with Gasteiger partial charge >= 0.3 is 0 Å². The third-order valence-corrected chi connectivity index (χ3v) is 7.34. The van der Waals surface area contributed by atoms with E-state index in [1.54, 1.807) is 18.0 Å². The van der Waals surface area contributed by atoms with Gasteiger partial charge < -0.3 is 20.3 Å². The maximum atomic E-state index is 12.6. The molecule has 3 heterocycles. The average molecular weight is 453 g/mol. The number of piperidine rings is 1. The fourth-order valence-electron chi connectivity index (χ4n) is 3.34. The van der Waals surface area contributed by atoms with Crippen LogP contribution in [0.15, 0.2) is 22.4 Å². The first-order valence-corrected chi connectivity index (χ1v) is 12.3. The standard InChI is InChI=1S/C21H32N4O3S2/c1-13(2)19(27)25-8-6-14(7-9-25)18(26)24-20-23-11-17(30-20)29-12-16-22-10-15(28-16)21(3,4)5/h10-11,13-14,16,22H,6-9,12H2,1-5H3,(H,23,24,26). The second-order valence-electron chi connectivity index (χ2n) is 9.07. The van der Waals surface area contributed by atoms with Crippen molar-refractivity contribution in [2.75, 3.05) is 24.2 Å². The molecule has 2 aliphatic rings. The summed E-state index contributed by atoms with van der Waals surface area (Å²) < 4.78 is 6.99. The maximum Gasteiger partial charge on any atom is 0.229 e. The van der Waals surface area contributed by atoms with Crippen LogP contribution in [0.3, 0.4) is 0 Å². The zero-order valence-corrected chi connectivity index (χ0v) is 20.0. The number of anilines is 1. The number of aromatic nitrogens is 1. The van der Waals surface area contributed by atoms with Crippen molar-refractivity contribution in [1.29, 1.82) is 0 Å². The fourth-order valence-corrected chi connectivity index (χ4v) is 5.18. The van der Waals surface area contributed by atoms with E-state index in [2.05, 4.69) is 36.4 Å². The van der Waals surface area contributed by atoms with E-state index in [1.165, 1.54) is 11.3 Å². The van der Waals surface area contributed by atoms with Gasteiger partial charge in [0.2, 0.25) is 11.8 Å². The number of thioether (sulfide) groups is 1. The molecule has 0 radical (unpaired) electrons. The first-order chi connectivity index (χ1) is 14.1. The minimum absolute atomic E-state index is 0.00211. The maximum absolute atomic E-state index is 12.6. The Hall–Kier alpha value is -1.74. The molecule has 1 aromatic rings. The third-order valence-electron chi connectivity index (χ3n) is 5.17. The zero-order valence-electron chi connectivity index (χ0n) is 18.4. The Morgan fingerprint density at radius 3 is 2.67 bits per heavy atom. The molecular formula is C21H32N4O3S2. The lowest BCUT2D eigenvalue weighted by atomic mass is 9.95. The first kappa shape index (κ1) is 22.9. The van der Waals surface area contributed by atoms with Gasteiger partial charge in [-0.25, -0.2) is 4.98 Å². The highest BCUT2D eigenvalue weighted by Gasteiger charge is 2.29. The largest absolute Gasteiger partial charge is 0.472 e. The van der Waals surface area contributed by atoms with Crippen LogP contribution in [0.25, 0.3) is 0 Å². The lowest BCUT2D eigenvalue weighted by molar-refractivity contribution is -0.137. The summed E-state index contributed by atoms with van der Waals surface area (Å²) in [5.41, 5.74) is -0.00736. The minimum Gasteiger partial charge on any atom is -0.472 e. The SMILES string of the molecule is CC(C)C(=O)N1CCC(C(=O)Nc2ncc(SCC3NC=C(C(C)(C)C)O3)s2)CC1. The van der Waals surface area contributed by atoms with Crippen molar-refractivity contribution in [3.8, 4) is 0 Å². The Bertz CT molecular complexity index is 792. The van der Waals surface area contributed by atoms with Crippen LogP contribution in [0.5, 0.6) is 0 Å². The number of amides is 2. The van der Waals surface area contributed by atoms with E-state index in [1.807, 2.05) is 24.9 Å². The Kier molecular flexibility index (Phi) is 7.34. The lowest BCUT2D eigenvalue weighted by Gasteiger charge is -2.32. The van der Waals surface area contributed by atoms with Crippen LogP contribution < -0.4 is 10.6 Å². The van der Waals surface area contributed by atoms with Gasteiger partial charge in [-0.2, -0.15) is 0 Å². The van der Waals surface area contributed by atoms with Crippen molar-refractivity contribution in [3.63, 3.8) is 0 Å². The van der Waals surface area contributed by atoms with E-state index in [4.69, 9.17) is 4.74 Å². The number of allylic oxidation sites excluding steroid dienone is 1. The molecule has 1 fully saturated rings. The highest BCUT2D eigenvalue weighted by molar-refractivity contribution is 8.01. The van der Waals surface area contributed by atoms with Gasteiger partial charge in [-0.3, -0.25) is 9.59 Å². The van der Waals surface area contributed by atoms with Crippen molar-refractivity contribution in [2.24, 2.45) is 17.3 Å². The van der Waals surface area contributed by atoms with Gasteiger partial charge in [-0.05, 0) is 12.8 Å². The summed E-state index contributed by atoms with van der Waals surface area (Å²) in [4.78, 5) is 30.9. The van der Waals surface area contributed by atoms with Gasteiger partial charge in [0.25, 0.3) is 0 Å². The van der Waals surface area contributed by atoms with Crippen LogP contribution in [0.1, 0.15) is 47.5 Å². The number of nitrogens with zero attached hydrogens (tertiary/aromatic N) is 2. The molecule has 0 aromatic carbocycles. The van der Waals surface area contributed by atoms with Gasteiger partial charge in [0, 0.05) is 36.5 Å². The number of carbonyl (C=O) groups is 2. The van der Waals surface area contributed by atoms with E-state index < -0.39 is 0 Å². The first-order valence-electron chi connectivity index (χ1n) is 10.4. The van der Waals surface area contributed by atoms with Gasteiger partial charge in [0.05, 0.1) is 16.2 Å². The molecule has 7 nitrogen and oxygen atoms in total. The summed E-state index contributed by atoms with van der Waals surface area (Å²) in [7, 11) is 0. The molecule has 1 atom stereocenters. The zero-order chi connectivity index (χ0) is 21.9. The summed E-state index contributed by atoms with van der Waals surface area (Å²) in [6.07, 6.45) is 5.09. The van der Waals surface area contributed by atoms with Gasteiger partial charge in [-0.15, -0.1) is 11.8 Å². The molecule has 1 saturated heterocycles.